The molecule has 4 heteroatoms. The Balaban J connectivity index is 1.67. The minimum atomic E-state index is -0.842. The molecule has 0 bridgehead atoms. The van der Waals surface area contributed by atoms with Crippen molar-refractivity contribution in [2.75, 3.05) is 6.54 Å². The molecular weight excluding hydrogens is 314 g/mol. The third kappa shape index (κ3) is 4.58. The smallest absolute Gasteiger partial charge is 0.221 e. The van der Waals surface area contributed by atoms with Gasteiger partial charge < -0.3 is 14.8 Å². The molecule has 0 aliphatic heterocycles. The average molecular weight is 335 g/mol. The number of benzene rings is 2. The van der Waals surface area contributed by atoms with Crippen LogP contribution in [0.5, 0.6) is 0 Å². The van der Waals surface area contributed by atoms with Gasteiger partial charge in [0.1, 0.15) is 11.9 Å². The van der Waals surface area contributed by atoms with E-state index in [0.29, 0.717) is 12.2 Å². The highest BCUT2D eigenvalue weighted by atomic mass is 16.4. The lowest BCUT2D eigenvalue weighted by atomic mass is 9.88. The van der Waals surface area contributed by atoms with Gasteiger partial charge in [0.2, 0.25) is 5.91 Å². The fourth-order valence-electron chi connectivity index (χ4n) is 2.85. The van der Waals surface area contributed by atoms with Gasteiger partial charge in [-0.05, 0) is 23.3 Å². The lowest BCUT2D eigenvalue weighted by molar-refractivity contribution is -0.121. The summed E-state index contributed by atoms with van der Waals surface area (Å²) in [6.45, 7) is 0.128. The summed E-state index contributed by atoms with van der Waals surface area (Å²) in [5, 5.41) is 12.8. The molecule has 1 atom stereocenters. The minimum Gasteiger partial charge on any atom is -0.467 e. The van der Waals surface area contributed by atoms with Gasteiger partial charge in [-0.3, -0.25) is 4.79 Å². The van der Waals surface area contributed by atoms with Gasteiger partial charge in [-0.25, -0.2) is 0 Å². The molecule has 128 valence electrons. The van der Waals surface area contributed by atoms with Crippen LogP contribution in [0.3, 0.4) is 0 Å². The van der Waals surface area contributed by atoms with Gasteiger partial charge in [-0.15, -0.1) is 0 Å². The highest BCUT2D eigenvalue weighted by Crippen LogP contribution is 2.27. The molecule has 3 rings (SSSR count). The molecule has 0 radical (unpaired) electrons. The van der Waals surface area contributed by atoms with Gasteiger partial charge in [0.05, 0.1) is 12.8 Å². The van der Waals surface area contributed by atoms with E-state index in [9.17, 15) is 9.90 Å². The third-order valence-corrected chi connectivity index (χ3v) is 4.16. The van der Waals surface area contributed by atoms with E-state index in [0.717, 1.165) is 11.1 Å². The molecule has 0 aliphatic carbocycles. The number of carbonyl (C=O) groups is 1. The standard InChI is InChI=1S/C21H21NO3/c23-19(20-12-7-13-25-20)15-22-21(24)14-18(16-8-3-1-4-9-16)17-10-5-2-6-11-17/h1-13,18-19,23H,14-15H2,(H,22,24). The number of furan rings is 1. The van der Waals surface area contributed by atoms with Gasteiger partial charge >= 0.3 is 0 Å². The zero-order valence-corrected chi connectivity index (χ0v) is 13.8. The Bertz CT molecular complexity index is 730. The number of aliphatic hydroxyl groups excluding tert-OH is 1. The van der Waals surface area contributed by atoms with E-state index >= 15 is 0 Å². The molecule has 1 amide bonds. The maximum absolute atomic E-state index is 12.4. The molecule has 0 fully saturated rings. The maximum Gasteiger partial charge on any atom is 0.221 e. The normalized spacial score (nSPS) is 12.1. The summed E-state index contributed by atoms with van der Waals surface area (Å²) < 4.78 is 5.15. The zero-order chi connectivity index (χ0) is 17.5. The van der Waals surface area contributed by atoms with Crippen molar-refractivity contribution in [2.24, 2.45) is 0 Å². The Morgan fingerprint density at radius 2 is 1.52 bits per heavy atom. The molecule has 25 heavy (non-hydrogen) atoms. The number of aliphatic hydroxyl groups is 1. The third-order valence-electron chi connectivity index (χ3n) is 4.16. The number of hydrogen-bond donors (Lipinski definition) is 2. The molecule has 2 N–H and O–H groups in total. The topological polar surface area (TPSA) is 62.5 Å². The first-order chi connectivity index (χ1) is 12.2. The molecule has 0 saturated heterocycles. The van der Waals surface area contributed by atoms with Gasteiger partial charge in [-0.2, -0.15) is 0 Å². The summed E-state index contributed by atoms with van der Waals surface area (Å²) in [5.74, 6) is 0.314. The van der Waals surface area contributed by atoms with Crippen LogP contribution in [0.25, 0.3) is 0 Å². The first-order valence-corrected chi connectivity index (χ1v) is 8.32. The first kappa shape index (κ1) is 17.0. The molecule has 1 unspecified atom stereocenters. The number of hydrogen-bond acceptors (Lipinski definition) is 3. The highest BCUT2D eigenvalue weighted by molar-refractivity contribution is 5.77. The average Bonchev–Trinajstić information content (AvgIpc) is 3.20. The van der Waals surface area contributed by atoms with Crippen molar-refractivity contribution < 1.29 is 14.3 Å². The molecular formula is C21H21NO3. The summed E-state index contributed by atoms with van der Waals surface area (Å²) in [5.41, 5.74) is 2.19. The van der Waals surface area contributed by atoms with E-state index in [1.807, 2.05) is 60.7 Å². The van der Waals surface area contributed by atoms with Crippen molar-refractivity contribution >= 4 is 5.91 Å². The van der Waals surface area contributed by atoms with Crippen molar-refractivity contribution in [1.29, 1.82) is 0 Å². The number of amides is 1. The second-order valence-corrected chi connectivity index (χ2v) is 5.91. The molecule has 2 aromatic carbocycles. The van der Waals surface area contributed by atoms with Crippen LogP contribution in [0, 0.1) is 0 Å². The fraction of sp³-hybridized carbons (Fsp3) is 0.190. The maximum atomic E-state index is 12.4. The van der Waals surface area contributed by atoms with E-state index in [4.69, 9.17) is 4.42 Å². The predicted octanol–water partition coefficient (Wildman–Crippen LogP) is 3.65. The molecule has 1 heterocycles. The minimum absolute atomic E-state index is 0.0249. The molecule has 1 aromatic heterocycles. The SMILES string of the molecule is O=C(CC(c1ccccc1)c1ccccc1)NCC(O)c1ccco1. The predicted molar refractivity (Wildman–Crippen MR) is 96.0 cm³/mol. The van der Waals surface area contributed by atoms with E-state index in [2.05, 4.69) is 5.32 Å². The van der Waals surface area contributed by atoms with Gasteiger partial charge in [0, 0.05) is 12.3 Å². The summed E-state index contributed by atoms with van der Waals surface area (Å²) in [6.07, 6.45) is 0.978. The van der Waals surface area contributed by atoms with Crippen molar-refractivity contribution in [1.82, 2.24) is 5.32 Å². The summed E-state index contributed by atoms with van der Waals surface area (Å²) >= 11 is 0. The van der Waals surface area contributed by atoms with Gasteiger partial charge in [-0.1, -0.05) is 60.7 Å². The molecule has 0 spiro atoms. The van der Waals surface area contributed by atoms with Crippen LogP contribution in [0.2, 0.25) is 0 Å². The second-order valence-electron chi connectivity index (χ2n) is 5.91. The Morgan fingerprint density at radius 1 is 0.920 bits per heavy atom. The van der Waals surface area contributed by atoms with E-state index < -0.39 is 6.10 Å². The highest BCUT2D eigenvalue weighted by Gasteiger charge is 2.19. The van der Waals surface area contributed by atoms with Crippen molar-refractivity contribution in [3.8, 4) is 0 Å². The Kier molecular flexibility index (Phi) is 5.65. The number of rotatable bonds is 7. The Morgan fingerprint density at radius 3 is 2.04 bits per heavy atom. The van der Waals surface area contributed by atoms with Crippen LogP contribution in [-0.2, 0) is 4.79 Å². The molecule has 0 saturated carbocycles. The van der Waals surface area contributed by atoms with E-state index in [1.165, 1.54) is 6.26 Å². The lowest BCUT2D eigenvalue weighted by Gasteiger charge is -2.18. The lowest BCUT2D eigenvalue weighted by Crippen LogP contribution is -2.29. The summed E-state index contributed by atoms with van der Waals surface area (Å²) in [7, 11) is 0. The van der Waals surface area contributed by atoms with Crippen LogP contribution in [0.15, 0.2) is 83.5 Å². The number of nitrogens with one attached hydrogen (secondary N) is 1. The van der Waals surface area contributed by atoms with E-state index in [1.54, 1.807) is 12.1 Å². The Hall–Kier alpha value is -2.85. The number of carbonyl (C=O) groups excluding carboxylic acids is 1. The van der Waals surface area contributed by atoms with Gasteiger partial charge in [0.25, 0.3) is 0 Å². The van der Waals surface area contributed by atoms with Gasteiger partial charge in [0.15, 0.2) is 0 Å². The van der Waals surface area contributed by atoms with Crippen molar-refractivity contribution in [3.05, 3.63) is 95.9 Å². The summed E-state index contributed by atoms with van der Waals surface area (Å²) in [4.78, 5) is 12.4. The first-order valence-electron chi connectivity index (χ1n) is 8.32. The van der Waals surface area contributed by atoms with E-state index in [-0.39, 0.29) is 18.4 Å². The zero-order valence-electron chi connectivity index (χ0n) is 13.8. The quantitative estimate of drug-likeness (QED) is 0.693. The van der Waals surface area contributed by atoms with Crippen molar-refractivity contribution in [2.45, 2.75) is 18.4 Å². The second kappa shape index (κ2) is 8.31. The summed E-state index contributed by atoms with van der Waals surface area (Å²) in [6, 6.07) is 23.4. The van der Waals surface area contributed by atoms with Crippen LogP contribution in [-0.4, -0.2) is 17.6 Å². The largest absolute Gasteiger partial charge is 0.467 e. The van der Waals surface area contributed by atoms with Crippen LogP contribution in [0.4, 0.5) is 0 Å². The molecule has 0 aliphatic rings. The molecule has 3 aromatic rings. The fourth-order valence-corrected chi connectivity index (χ4v) is 2.85. The van der Waals surface area contributed by atoms with Crippen LogP contribution >= 0.6 is 0 Å². The van der Waals surface area contributed by atoms with Crippen LogP contribution < -0.4 is 5.32 Å². The van der Waals surface area contributed by atoms with Crippen molar-refractivity contribution in [3.63, 3.8) is 0 Å². The Labute approximate surface area is 147 Å². The molecule has 4 nitrogen and oxygen atoms in total. The van der Waals surface area contributed by atoms with Crippen LogP contribution in [0.1, 0.15) is 35.3 Å². The monoisotopic (exact) mass is 335 g/mol.